The summed E-state index contributed by atoms with van der Waals surface area (Å²) in [4.78, 5) is 7.15. The fraction of sp³-hybridized carbons (Fsp3) is 0.462. The zero-order chi connectivity index (χ0) is 11.0. The Bertz CT molecular complexity index is 440. The average molecular weight is 235 g/mol. The molecule has 84 valence electrons. The van der Waals surface area contributed by atoms with Crippen molar-refractivity contribution in [3.05, 3.63) is 28.8 Å². The van der Waals surface area contributed by atoms with Gasteiger partial charge in [0.2, 0.25) is 0 Å². The van der Waals surface area contributed by atoms with E-state index in [-0.39, 0.29) is 0 Å². The lowest BCUT2D eigenvalue weighted by Gasteiger charge is -2.29. The lowest BCUT2D eigenvalue weighted by atomic mass is 10.1. The summed E-state index contributed by atoms with van der Waals surface area (Å²) in [5, 5.41) is 0.786. The van der Waals surface area contributed by atoms with Crippen molar-refractivity contribution in [1.29, 1.82) is 0 Å². The van der Waals surface area contributed by atoms with Crippen LogP contribution in [0.5, 0.6) is 0 Å². The lowest BCUT2D eigenvalue weighted by molar-refractivity contribution is 0.403. The minimum absolute atomic E-state index is 0.786. The van der Waals surface area contributed by atoms with Crippen LogP contribution in [-0.2, 0) is 6.54 Å². The first kappa shape index (κ1) is 10.2. The zero-order valence-electron chi connectivity index (χ0n) is 9.25. The van der Waals surface area contributed by atoms with Crippen LogP contribution >= 0.6 is 11.6 Å². The monoisotopic (exact) mass is 234 g/mol. The highest BCUT2D eigenvalue weighted by atomic mass is 35.5. The van der Waals surface area contributed by atoms with Crippen LogP contribution in [-0.4, -0.2) is 17.3 Å². The van der Waals surface area contributed by atoms with Crippen molar-refractivity contribution in [2.45, 2.75) is 32.2 Å². The summed E-state index contributed by atoms with van der Waals surface area (Å²) in [7, 11) is 0. The van der Waals surface area contributed by atoms with E-state index in [0.717, 1.165) is 30.2 Å². The van der Waals surface area contributed by atoms with E-state index in [9.17, 15) is 0 Å². The highest BCUT2D eigenvalue weighted by molar-refractivity contribution is 6.33. The van der Waals surface area contributed by atoms with Gasteiger partial charge in [-0.2, -0.15) is 0 Å². The number of para-hydroxylation sites is 1. The van der Waals surface area contributed by atoms with Crippen LogP contribution in [0.1, 0.15) is 31.2 Å². The largest absolute Gasteiger partial charge is 0.356 e. The Hall–Kier alpha value is -1.02. The molecule has 0 radical (unpaired) electrons. The SMILES string of the molecule is Clc1cccc2c1N=C1CCCCCN1C2. The molecule has 0 N–H and O–H groups in total. The van der Waals surface area contributed by atoms with Crippen molar-refractivity contribution < 1.29 is 0 Å². The maximum absolute atomic E-state index is 6.19. The van der Waals surface area contributed by atoms with Crippen LogP contribution in [0.25, 0.3) is 0 Å². The number of hydrogen-bond donors (Lipinski definition) is 0. The van der Waals surface area contributed by atoms with Crippen LogP contribution in [0.15, 0.2) is 23.2 Å². The van der Waals surface area contributed by atoms with Crippen molar-refractivity contribution in [1.82, 2.24) is 4.90 Å². The topological polar surface area (TPSA) is 15.6 Å². The van der Waals surface area contributed by atoms with E-state index in [1.165, 1.54) is 30.7 Å². The predicted octanol–water partition coefficient (Wildman–Crippen LogP) is 3.76. The Labute approximate surface area is 101 Å². The van der Waals surface area contributed by atoms with Gasteiger partial charge in [-0.1, -0.05) is 30.2 Å². The molecule has 3 rings (SSSR count). The molecule has 0 aromatic heterocycles. The molecule has 0 bridgehead atoms. The molecule has 0 spiro atoms. The van der Waals surface area contributed by atoms with E-state index in [4.69, 9.17) is 16.6 Å². The van der Waals surface area contributed by atoms with Gasteiger partial charge in [-0.15, -0.1) is 0 Å². The van der Waals surface area contributed by atoms with Gasteiger partial charge >= 0.3 is 0 Å². The Morgan fingerprint density at radius 1 is 1.19 bits per heavy atom. The summed E-state index contributed by atoms with van der Waals surface area (Å²) in [5.74, 6) is 1.23. The van der Waals surface area contributed by atoms with E-state index in [1.807, 2.05) is 12.1 Å². The number of aliphatic imine (C=N–C) groups is 1. The molecule has 0 saturated carbocycles. The van der Waals surface area contributed by atoms with Crippen LogP contribution in [0.2, 0.25) is 5.02 Å². The highest BCUT2D eigenvalue weighted by Gasteiger charge is 2.22. The van der Waals surface area contributed by atoms with Gasteiger partial charge < -0.3 is 4.90 Å². The second kappa shape index (κ2) is 4.10. The van der Waals surface area contributed by atoms with Gasteiger partial charge in [0.25, 0.3) is 0 Å². The Balaban J connectivity index is 2.03. The van der Waals surface area contributed by atoms with Gasteiger partial charge in [0, 0.05) is 19.5 Å². The Morgan fingerprint density at radius 3 is 3.06 bits per heavy atom. The average Bonchev–Trinajstić information content (AvgIpc) is 2.52. The second-order valence-electron chi connectivity index (χ2n) is 4.51. The summed E-state index contributed by atoms with van der Waals surface area (Å²) in [5.41, 5.74) is 2.26. The van der Waals surface area contributed by atoms with Crippen molar-refractivity contribution in [2.75, 3.05) is 6.54 Å². The van der Waals surface area contributed by atoms with Crippen LogP contribution < -0.4 is 0 Å². The molecule has 16 heavy (non-hydrogen) atoms. The Morgan fingerprint density at radius 2 is 2.12 bits per heavy atom. The number of hydrogen-bond acceptors (Lipinski definition) is 2. The number of halogens is 1. The van der Waals surface area contributed by atoms with Crippen molar-refractivity contribution in [3.63, 3.8) is 0 Å². The predicted molar refractivity (Wildman–Crippen MR) is 67.4 cm³/mol. The molecule has 1 aromatic rings. The van der Waals surface area contributed by atoms with Gasteiger partial charge in [-0.05, 0) is 24.5 Å². The molecule has 2 aliphatic heterocycles. The van der Waals surface area contributed by atoms with E-state index in [0.29, 0.717) is 0 Å². The molecule has 1 fully saturated rings. The Kier molecular flexibility index (Phi) is 2.60. The molecule has 2 heterocycles. The van der Waals surface area contributed by atoms with Crippen LogP contribution in [0.4, 0.5) is 5.69 Å². The molecular formula is C13H15ClN2. The van der Waals surface area contributed by atoms with Crippen molar-refractivity contribution >= 4 is 23.1 Å². The molecule has 1 aromatic carbocycles. The van der Waals surface area contributed by atoms with Crippen molar-refractivity contribution in [3.8, 4) is 0 Å². The van der Waals surface area contributed by atoms with E-state index in [2.05, 4.69) is 11.0 Å². The molecule has 2 nitrogen and oxygen atoms in total. The van der Waals surface area contributed by atoms with Gasteiger partial charge in [0.05, 0.1) is 10.7 Å². The standard InChI is InChI=1S/C13H15ClN2/c14-11-6-4-5-10-9-16-8-3-1-2-7-12(16)15-13(10)11/h4-6H,1-3,7-9H2. The summed E-state index contributed by atoms with van der Waals surface area (Å²) >= 11 is 6.19. The van der Waals surface area contributed by atoms with Crippen LogP contribution in [0, 0.1) is 0 Å². The highest BCUT2D eigenvalue weighted by Crippen LogP contribution is 2.34. The van der Waals surface area contributed by atoms with Crippen LogP contribution in [0.3, 0.4) is 0 Å². The number of benzene rings is 1. The first-order valence-electron chi connectivity index (χ1n) is 5.94. The summed E-state index contributed by atoms with van der Waals surface area (Å²) in [6, 6.07) is 6.07. The molecule has 0 aliphatic carbocycles. The quantitative estimate of drug-likeness (QED) is 0.668. The van der Waals surface area contributed by atoms with Gasteiger partial charge in [0.15, 0.2) is 0 Å². The number of nitrogens with zero attached hydrogens (tertiary/aromatic N) is 2. The van der Waals surface area contributed by atoms with E-state index in [1.54, 1.807) is 0 Å². The van der Waals surface area contributed by atoms with E-state index >= 15 is 0 Å². The lowest BCUT2D eigenvalue weighted by Crippen LogP contribution is -2.32. The van der Waals surface area contributed by atoms with Crippen molar-refractivity contribution in [2.24, 2.45) is 4.99 Å². The molecule has 1 saturated heterocycles. The van der Waals surface area contributed by atoms with E-state index < -0.39 is 0 Å². The smallest absolute Gasteiger partial charge is 0.105 e. The zero-order valence-corrected chi connectivity index (χ0v) is 10.0. The first-order valence-corrected chi connectivity index (χ1v) is 6.32. The third kappa shape index (κ3) is 1.71. The first-order chi connectivity index (χ1) is 7.84. The number of amidine groups is 1. The molecular weight excluding hydrogens is 220 g/mol. The number of rotatable bonds is 0. The maximum Gasteiger partial charge on any atom is 0.105 e. The molecule has 2 aliphatic rings. The summed E-state index contributed by atoms with van der Waals surface area (Å²) in [6.45, 7) is 2.12. The summed E-state index contributed by atoms with van der Waals surface area (Å²) < 4.78 is 0. The minimum Gasteiger partial charge on any atom is -0.356 e. The fourth-order valence-corrected chi connectivity index (χ4v) is 2.73. The van der Waals surface area contributed by atoms with Gasteiger partial charge in [-0.3, -0.25) is 0 Å². The second-order valence-corrected chi connectivity index (χ2v) is 4.92. The molecule has 0 atom stereocenters. The summed E-state index contributed by atoms with van der Waals surface area (Å²) in [6.07, 6.45) is 4.97. The van der Waals surface area contributed by atoms with Gasteiger partial charge in [0.1, 0.15) is 5.84 Å². The third-order valence-electron chi connectivity index (χ3n) is 3.37. The van der Waals surface area contributed by atoms with Gasteiger partial charge in [-0.25, -0.2) is 4.99 Å². The normalized spacial score (nSPS) is 19.6. The fourth-order valence-electron chi connectivity index (χ4n) is 2.49. The minimum atomic E-state index is 0.786. The third-order valence-corrected chi connectivity index (χ3v) is 3.67. The molecule has 3 heteroatoms. The number of fused-ring (bicyclic) bond motifs is 2. The molecule has 0 unspecified atom stereocenters. The maximum atomic E-state index is 6.19. The molecule has 0 amide bonds.